The van der Waals surface area contributed by atoms with Gasteiger partial charge in [0.15, 0.2) is 0 Å². The second-order valence-corrected chi connectivity index (χ2v) is 4.46. The van der Waals surface area contributed by atoms with Crippen molar-refractivity contribution in [2.75, 3.05) is 0 Å². The first-order valence-electron chi connectivity index (χ1n) is 5.69. The third-order valence-corrected chi connectivity index (χ3v) is 2.85. The molecule has 0 bridgehead atoms. The van der Waals surface area contributed by atoms with Gasteiger partial charge in [-0.25, -0.2) is 0 Å². The third-order valence-electron chi connectivity index (χ3n) is 2.85. The summed E-state index contributed by atoms with van der Waals surface area (Å²) in [5, 5.41) is 8.98. The maximum absolute atomic E-state index is 10.5. The van der Waals surface area contributed by atoms with Gasteiger partial charge in [-0.05, 0) is 49.8 Å². The van der Waals surface area contributed by atoms with E-state index < -0.39 is 5.41 Å². The lowest BCUT2D eigenvalue weighted by atomic mass is 9.85. The fourth-order valence-electron chi connectivity index (χ4n) is 1.62. The highest BCUT2D eigenvalue weighted by atomic mass is 16.5. The molecule has 3 nitrogen and oxygen atoms in total. The molecular formula is C15H13NO2. The lowest BCUT2D eigenvalue weighted by molar-refractivity contribution is 0.112. The maximum Gasteiger partial charge on any atom is 0.150 e. The van der Waals surface area contributed by atoms with Crippen LogP contribution in [0.25, 0.3) is 0 Å². The molecule has 0 spiro atoms. The molecule has 0 radical (unpaired) electrons. The molecule has 1 atom stereocenters. The van der Waals surface area contributed by atoms with Crippen molar-refractivity contribution in [2.24, 2.45) is 5.41 Å². The van der Waals surface area contributed by atoms with Crippen LogP contribution in [0, 0.1) is 16.7 Å². The van der Waals surface area contributed by atoms with Gasteiger partial charge in [-0.1, -0.05) is 6.08 Å². The van der Waals surface area contributed by atoms with E-state index in [1.165, 1.54) is 0 Å². The molecule has 3 heteroatoms. The number of nitrogens with zero attached hydrogens (tertiary/aromatic N) is 1. The van der Waals surface area contributed by atoms with E-state index in [2.05, 4.69) is 6.07 Å². The Kier molecular flexibility index (Phi) is 3.29. The fraction of sp³-hybridized carbons (Fsp3) is 0.200. The van der Waals surface area contributed by atoms with Crippen molar-refractivity contribution in [1.82, 2.24) is 0 Å². The summed E-state index contributed by atoms with van der Waals surface area (Å²) in [6.07, 6.45) is 6.99. The molecule has 0 heterocycles. The summed E-state index contributed by atoms with van der Waals surface area (Å²) in [4.78, 5) is 10.5. The summed E-state index contributed by atoms with van der Waals surface area (Å²) < 4.78 is 5.64. The first-order chi connectivity index (χ1) is 8.65. The Labute approximate surface area is 106 Å². The van der Waals surface area contributed by atoms with Gasteiger partial charge in [-0.15, -0.1) is 0 Å². The van der Waals surface area contributed by atoms with Crippen molar-refractivity contribution in [1.29, 1.82) is 5.26 Å². The minimum Gasteiger partial charge on any atom is -0.458 e. The average Bonchev–Trinajstić information content (AvgIpc) is 2.42. The molecule has 1 aromatic carbocycles. The Hall–Kier alpha value is -2.34. The van der Waals surface area contributed by atoms with E-state index >= 15 is 0 Å². The number of hydrogen-bond acceptors (Lipinski definition) is 3. The largest absolute Gasteiger partial charge is 0.458 e. The van der Waals surface area contributed by atoms with Gasteiger partial charge in [0.25, 0.3) is 0 Å². The van der Waals surface area contributed by atoms with Gasteiger partial charge in [0.1, 0.15) is 17.8 Å². The molecule has 1 aromatic rings. The topological polar surface area (TPSA) is 50.1 Å². The van der Waals surface area contributed by atoms with Gasteiger partial charge in [-0.2, -0.15) is 5.26 Å². The van der Waals surface area contributed by atoms with E-state index in [4.69, 9.17) is 10.00 Å². The highest BCUT2D eigenvalue weighted by Gasteiger charge is 2.22. The van der Waals surface area contributed by atoms with Crippen molar-refractivity contribution in [3.05, 3.63) is 53.8 Å². The van der Waals surface area contributed by atoms with Crippen LogP contribution in [-0.2, 0) is 0 Å². The van der Waals surface area contributed by atoms with Gasteiger partial charge in [0.05, 0.1) is 11.5 Å². The summed E-state index contributed by atoms with van der Waals surface area (Å²) in [5.41, 5.74) is 0.182. The van der Waals surface area contributed by atoms with Crippen molar-refractivity contribution < 1.29 is 9.53 Å². The molecule has 0 amide bonds. The molecule has 2 rings (SSSR count). The van der Waals surface area contributed by atoms with Crippen molar-refractivity contribution in [3.8, 4) is 11.8 Å². The lowest BCUT2D eigenvalue weighted by Crippen LogP contribution is -2.13. The van der Waals surface area contributed by atoms with E-state index in [0.717, 1.165) is 12.0 Å². The number of nitriles is 1. The molecule has 1 unspecified atom stereocenters. The number of rotatable bonds is 3. The Morgan fingerprint density at radius 1 is 1.39 bits per heavy atom. The van der Waals surface area contributed by atoms with Gasteiger partial charge in [0.2, 0.25) is 0 Å². The fourth-order valence-corrected chi connectivity index (χ4v) is 1.62. The Balaban J connectivity index is 2.06. The standard InChI is InChI=1S/C15H13NO2/c1-15(11-16)8-6-14(7-9-15)18-13-4-2-12(10-17)3-5-13/h2-8,10H,9H2,1H3. The zero-order valence-electron chi connectivity index (χ0n) is 10.1. The molecule has 1 aliphatic rings. The van der Waals surface area contributed by atoms with Gasteiger partial charge >= 0.3 is 0 Å². The molecule has 0 aromatic heterocycles. The lowest BCUT2D eigenvalue weighted by Gasteiger charge is -2.19. The first kappa shape index (κ1) is 12.1. The normalized spacial score (nSPS) is 21.9. The average molecular weight is 239 g/mol. The summed E-state index contributed by atoms with van der Waals surface area (Å²) in [7, 11) is 0. The SMILES string of the molecule is CC1(C#N)C=CC(Oc2ccc(C=O)cc2)=CC1. The molecule has 0 N–H and O–H groups in total. The molecule has 0 fully saturated rings. The molecule has 1 aliphatic carbocycles. The number of benzene rings is 1. The highest BCUT2D eigenvalue weighted by Crippen LogP contribution is 2.29. The highest BCUT2D eigenvalue weighted by molar-refractivity contribution is 5.74. The number of ether oxygens (including phenoxy) is 1. The summed E-state index contributed by atoms with van der Waals surface area (Å²) in [6, 6.07) is 9.15. The number of carbonyl (C=O) groups excluding carboxylic acids is 1. The van der Waals surface area contributed by atoms with Gasteiger partial charge in [0, 0.05) is 5.56 Å². The van der Waals surface area contributed by atoms with Gasteiger partial charge in [-0.3, -0.25) is 4.79 Å². The molecule has 0 saturated carbocycles. The number of hydrogen-bond donors (Lipinski definition) is 0. The van der Waals surface area contributed by atoms with Crippen molar-refractivity contribution in [2.45, 2.75) is 13.3 Å². The van der Waals surface area contributed by atoms with Crippen LogP contribution in [0.5, 0.6) is 5.75 Å². The smallest absolute Gasteiger partial charge is 0.150 e. The minimum absolute atomic E-state index is 0.436. The van der Waals surface area contributed by atoms with Crippen LogP contribution in [0.4, 0.5) is 0 Å². The van der Waals surface area contributed by atoms with Gasteiger partial charge < -0.3 is 4.74 Å². The number of carbonyl (C=O) groups is 1. The first-order valence-corrected chi connectivity index (χ1v) is 5.69. The van der Waals surface area contributed by atoms with Crippen LogP contribution in [0.3, 0.4) is 0 Å². The third kappa shape index (κ3) is 2.67. The van der Waals surface area contributed by atoms with Crippen LogP contribution < -0.4 is 4.74 Å². The minimum atomic E-state index is -0.436. The molecule has 0 aliphatic heterocycles. The zero-order chi connectivity index (χ0) is 13.0. The summed E-state index contributed by atoms with van der Waals surface area (Å²) >= 11 is 0. The quantitative estimate of drug-likeness (QED) is 0.761. The zero-order valence-corrected chi connectivity index (χ0v) is 10.1. The van der Waals surface area contributed by atoms with Crippen LogP contribution in [0.1, 0.15) is 23.7 Å². The monoisotopic (exact) mass is 239 g/mol. The van der Waals surface area contributed by atoms with E-state index in [9.17, 15) is 4.79 Å². The van der Waals surface area contributed by atoms with Crippen LogP contribution in [-0.4, -0.2) is 6.29 Å². The molecular weight excluding hydrogens is 226 g/mol. The number of allylic oxidation sites excluding steroid dienone is 3. The Morgan fingerprint density at radius 3 is 2.61 bits per heavy atom. The van der Waals surface area contributed by atoms with Crippen LogP contribution in [0.15, 0.2) is 48.3 Å². The van der Waals surface area contributed by atoms with Crippen LogP contribution in [0.2, 0.25) is 0 Å². The predicted molar refractivity (Wildman–Crippen MR) is 68.0 cm³/mol. The second-order valence-electron chi connectivity index (χ2n) is 4.46. The number of aldehydes is 1. The van der Waals surface area contributed by atoms with Crippen LogP contribution >= 0.6 is 0 Å². The molecule has 90 valence electrons. The molecule has 18 heavy (non-hydrogen) atoms. The maximum atomic E-state index is 10.5. The molecule has 0 saturated heterocycles. The van der Waals surface area contributed by atoms with E-state index in [-0.39, 0.29) is 0 Å². The summed E-state index contributed by atoms with van der Waals surface area (Å²) in [6.45, 7) is 1.88. The predicted octanol–water partition coefficient (Wildman–Crippen LogP) is 3.25. The Morgan fingerprint density at radius 2 is 2.11 bits per heavy atom. The van der Waals surface area contributed by atoms with E-state index in [1.54, 1.807) is 30.3 Å². The summed E-state index contributed by atoms with van der Waals surface area (Å²) in [5.74, 6) is 1.40. The van der Waals surface area contributed by atoms with Crippen molar-refractivity contribution >= 4 is 6.29 Å². The van der Waals surface area contributed by atoms with E-state index in [0.29, 0.717) is 17.7 Å². The Bertz CT molecular complexity index is 549. The van der Waals surface area contributed by atoms with Crippen molar-refractivity contribution in [3.63, 3.8) is 0 Å². The van der Waals surface area contributed by atoms with E-state index in [1.807, 2.05) is 19.1 Å². The second kappa shape index (κ2) is 4.89.